The first-order valence-corrected chi connectivity index (χ1v) is 8.97. The van der Waals surface area contributed by atoms with E-state index in [4.69, 9.17) is 9.47 Å². The van der Waals surface area contributed by atoms with Gasteiger partial charge in [-0.1, -0.05) is 18.2 Å². The predicted molar refractivity (Wildman–Crippen MR) is 105 cm³/mol. The quantitative estimate of drug-likeness (QED) is 0.709. The Hall–Kier alpha value is -2.86. The zero-order chi connectivity index (χ0) is 18.7. The summed E-state index contributed by atoms with van der Waals surface area (Å²) in [6.07, 6.45) is 0. The second kappa shape index (κ2) is 7.58. The molecule has 0 unspecified atom stereocenters. The molecule has 1 N–H and O–H groups in total. The molecule has 0 saturated heterocycles. The largest absolute Gasteiger partial charge is 0.493 e. The zero-order valence-corrected chi connectivity index (χ0v) is 15.9. The molecule has 0 atom stereocenters. The van der Waals surface area contributed by atoms with Gasteiger partial charge in [-0.15, -0.1) is 11.3 Å². The van der Waals surface area contributed by atoms with Gasteiger partial charge < -0.3 is 9.47 Å². The molecule has 0 spiro atoms. The number of carbonyl (C=O) groups excluding carboxylic acids is 1. The van der Waals surface area contributed by atoms with E-state index in [0.29, 0.717) is 22.2 Å². The van der Waals surface area contributed by atoms with Crippen molar-refractivity contribution < 1.29 is 14.3 Å². The van der Waals surface area contributed by atoms with Crippen molar-refractivity contribution in [3.63, 3.8) is 0 Å². The van der Waals surface area contributed by atoms with Crippen LogP contribution >= 0.6 is 11.3 Å². The van der Waals surface area contributed by atoms with Gasteiger partial charge in [-0.2, -0.15) is 0 Å². The number of nitrogens with one attached hydrogen (secondary N) is 1. The van der Waals surface area contributed by atoms with Gasteiger partial charge in [0.15, 0.2) is 16.6 Å². The highest BCUT2D eigenvalue weighted by Crippen LogP contribution is 2.32. The number of amides is 1. The van der Waals surface area contributed by atoms with Crippen LogP contribution in [0.5, 0.6) is 11.5 Å². The third-order valence-corrected chi connectivity index (χ3v) is 4.93. The maximum atomic E-state index is 12.6. The van der Waals surface area contributed by atoms with Crippen LogP contribution in [0.2, 0.25) is 0 Å². The number of methoxy groups -OCH3 is 2. The fourth-order valence-electron chi connectivity index (χ4n) is 2.59. The van der Waals surface area contributed by atoms with Gasteiger partial charge in [0.05, 0.1) is 25.5 Å². The van der Waals surface area contributed by atoms with Gasteiger partial charge >= 0.3 is 0 Å². The number of benzene rings is 2. The minimum Gasteiger partial charge on any atom is -0.493 e. The lowest BCUT2D eigenvalue weighted by Gasteiger charge is -2.11. The molecule has 5 nitrogen and oxygen atoms in total. The topological polar surface area (TPSA) is 60.5 Å². The Kier molecular flexibility index (Phi) is 5.23. The number of para-hydroxylation sites is 1. The molecule has 1 aromatic heterocycles. The molecule has 6 heteroatoms. The molecule has 26 heavy (non-hydrogen) atoms. The summed E-state index contributed by atoms with van der Waals surface area (Å²) in [5.74, 6) is 0.621. The monoisotopic (exact) mass is 368 g/mol. The van der Waals surface area contributed by atoms with Crippen molar-refractivity contribution >= 4 is 22.4 Å². The van der Waals surface area contributed by atoms with Crippen LogP contribution in [0.25, 0.3) is 11.3 Å². The molecule has 3 aromatic rings. The highest BCUT2D eigenvalue weighted by molar-refractivity contribution is 7.14. The summed E-state index contributed by atoms with van der Waals surface area (Å²) in [5.41, 5.74) is 4.72. The fourth-order valence-corrected chi connectivity index (χ4v) is 3.31. The minimum atomic E-state index is -0.290. The second-order valence-electron chi connectivity index (χ2n) is 5.83. The average Bonchev–Trinajstić information content (AvgIpc) is 3.11. The maximum absolute atomic E-state index is 12.6. The molecular formula is C20H20N2O3S. The molecular weight excluding hydrogens is 348 g/mol. The van der Waals surface area contributed by atoms with E-state index in [1.807, 2.05) is 11.4 Å². The number of nitrogens with zero attached hydrogens (tertiary/aromatic N) is 1. The number of ether oxygens (including phenoxy) is 2. The third kappa shape index (κ3) is 3.55. The molecule has 0 saturated carbocycles. The number of carbonyl (C=O) groups is 1. The normalized spacial score (nSPS) is 10.5. The summed E-state index contributed by atoms with van der Waals surface area (Å²) in [6, 6.07) is 11.4. The van der Waals surface area contributed by atoms with Crippen LogP contribution in [0.3, 0.4) is 0 Å². The van der Waals surface area contributed by atoms with Crippen LogP contribution in [0.4, 0.5) is 5.13 Å². The number of hydrogen-bond acceptors (Lipinski definition) is 5. The number of aromatic nitrogens is 1. The molecule has 0 bridgehead atoms. The molecule has 1 heterocycles. The van der Waals surface area contributed by atoms with Gasteiger partial charge in [0.25, 0.3) is 5.91 Å². The van der Waals surface area contributed by atoms with Crippen LogP contribution in [0.15, 0.2) is 41.8 Å². The molecule has 0 aliphatic heterocycles. The van der Waals surface area contributed by atoms with E-state index in [-0.39, 0.29) is 5.91 Å². The van der Waals surface area contributed by atoms with Crippen LogP contribution in [0.1, 0.15) is 21.5 Å². The summed E-state index contributed by atoms with van der Waals surface area (Å²) in [4.78, 5) is 17.2. The molecule has 3 rings (SSSR count). The standard InChI is InChI=1S/C20H20N2O3S/c1-12-8-9-14(10-13(12)2)16-11-26-20(21-16)22-19(23)15-6-5-7-17(24-3)18(15)25-4/h5-11H,1-4H3,(H,21,22,23). The van der Waals surface area contributed by atoms with Crippen molar-refractivity contribution in [2.75, 3.05) is 19.5 Å². The highest BCUT2D eigenvalue weighted by Gasteiger charge is 2.17. The number of hydrogen-bond donors (Lipinski definition) is 1. The minimum absolute atomic E-state index is 0.290. The molecule has 0 aliphatic rings. The number of aryl methyl sites for hydroxylation is 2. The number of thiazole rings is 1. The van der Waals surface area contributed by atoms with Gasteiger partial charge in [-0.05, 0) is 43.2 Å². The molecule has 134 valence electrons. The van der Waals surface area contributed by atoms with Crippen molar-refractivity contribution in [2.45, 2.75) is 13.8 Å². The Balaban J connectivity index is 1.83. The Bertz CT molecular complexity index is 950. The first-order chi connectivity index (χ1) is 12.5. The smallest absolute Gasteiger partial charge is 0.261 e. The van der Waals surface area contributed by atoms with Gasteiger partial charge in [-0.3, -0.25) is 10.1 Å². The van der Waals surface area contributed by atoms with Crippen LogP contribution < -0.4 is 14.8 Å². The molecule has 1 amide bonds. The summed E-state index contributed by atoms with van der Waals surface area (Å²) in [6.45, 7) is 4.15. The third-order valence-electron chi connectivity index (χ3n) is 4.17. The Labute approximate surface area is 156 Å². The van der Waals surface area contributed by atoms with Gasteiger partial charge in [0.2, 0.25) is 0 Å². The summed E-state index contributed by atoms with van der Waals surface area (Å²) >= 11 is 1.39. The average molecular weight is 368 g/mol. The van der Waals surface area contributed by atoms with Crippen molar-refractivity contribution in [1.82, 2.24) is 4.98 Å². The van der Waals surface area contributed by atoms with Crippen molar-refractivity contribution in [1.29, 1.82) is 0 Å². The van der Waals surface area contributed by atoms with Crippen LogP contribution in [0, 0.1) is 13.8 Å². The summed E-state index contributed by atoms with van der Waals surface area (Å²) in [7, 11) is 3.05. The Morgan fingerprint density at radius 1 is 1.08 bits per heavy atom. The van der Waals surface area contributed by atoms with E-state index in [1.54, 1.807) is 18.2 Å². The number of anilines is 1. The van der Waals surface area contributed by atoms with E-state index >= 15 is 0 Å². The van der Waals surface area contributed by atoms with Crippen LogP contribution in [-0.4, -0.2) is 25.1 Å². The first-order valence-electron chi connectivity index (χ1n) is 8.09. The van der Waals surface area contributed by atoms with Crippen molar-refractivity contribution in [3.8, 4) is 22.8 Å². The maximum Gasteiger partial charge on any atom is 0.261 e. The van der Waals surface area contributed by atoms with Gasteiger partial charge in [0.1, 0.15) is 0 Å². The van der Waals surface area contributed by atoms with E-state index in [9.17, 15) is 4.79 Å². The van der Waals surface area contributed by atoms with Crippen molar-refractivity contribution in [2.24, 2.45) is 0 Å². The first kappa shape index (κ1) is 17.9. The Morgan fingerprint density at radius 2 is 1.88 bits per heavy atom. The molecule has 0 aliphatic carbocycles. The predicted octanol–water partition coefficient (Wildman–Crippen LogP) is 4.70. The van der Waals surface area contributed by atoms with E-state index in [2.05, 4.69) is 36.3 Å². The lowest BCUT2D eigenvalue weighted by Crippen LogP contribution is -2.13. The number of rotatable bonds is 5. The molecule has 2 aromatic carbocycles. The second-order valence-corrected chi connectivity index (χ2v) is 6.69. The van der Waals surface area contributed by atoms with Crippen LogP contribution in [-0.2, 0) is 0 Å². The molecule has 0 radical (unpaired) electrons. The van der Waals surface area contributed by atoms with Gasteiger partial charge in [0, 0.05) is 10.9 Å². The summed E-state index contributed by atoms with van der Waals surface area (Å²) < 4.78 is 10.6. The SMILES string of the molecule is COc1cccc(C(=O)Nc2nc(-c3ccc(C)c(C)c3)cs2)c1OC. The lowest BCUT2D eigenvalue weighted by atomic mass is 10.1. The van der Waals surface area contributed by atoms with E-state index in [1.165, 1.54) is 36.7 Å². The zero-order valence-electron chi connectivity index (χ0n) is 15.1. The van der Waals surface area contributed by atoms with E-state index < -0.39 is 0 Å². The highest BCUT2D eigenvalue weighted by atomic mass is 32.1. The van der Waals surface area contributed by atoms with E-state index in [0.717, 1.165) is 11.3 Å². The Morgan fingerprint density at radius 3 is 2.58 bits per heavy atom. The van der Waals surface area contributed by atoms with Gasteiger partial charge in [-0.25, -0.2) is 4.98 Å². The fraction of sp³-hybridized carbons (Fsp3) is 0.200. The lowest BCUT2D eigenvalue weighted by molar-refractivity contribution is 0.102. The molecule has 0 fully saturated rings. The van der Waals surface area contributed by atoms with Crippen molar-refractivity contribution in [3.05, 3.63) is 58.5 Å². The summed E-state index contributed by atoms with van der Waals surface area (Å²) in [5, 5.41) is 5.30.